The summed E-state index contributed by atoms with van der Waals surface area (Å²) in [5.41, 5.74) is 4.62. The summed E-state index contributed by atoms with van der Waals surface area (Å²) in [5.74, 6) is -1.15. The summed E-state index contributed by atoms with van der Waals surface area (Å²) in [6.07, 6.45) is 4.97. The number of halogens is 1. The Kier molecular flexibility index (Phi) is 6.78. The third kappa shape index (κ3) is 4.56. The molecule has 10 heteroatoms. The summed E-state index contributed by atoms with van der Waals surface area (Å²) in [6, 6.07) is 24.8. The van der Waals surface area contributed by atoms with Gasteiger partial charge in [0.2, 0.25) is 0 Å². The molecule has 2 fully saturated rings. The number of carbonyl (C=O) groups excluding carboxylic acids is 3. The fourth-order valence-corrected chi connectivity index (χ4v) is 6.76. The van der Waals surface area contributed by atoms with Crippen molar-refractivity contribution < 1.29 is 14.4 Å². The number of hydrogen-bond donors (Lipinski definition) is 0. The Morgan fingerprint density at radius 3 is 2.45 bits per heavy atom. The van der Waals surface area contributed by atoms with Gasteiger partial charge in [-0.3, -0.25) is 19.4 Å². The molecule has 4 aliphatic rings. The van der Waals surface area contributed by atoms with Gasteiger partial charge in [-0.1, -0.05) is 87.9 Å². The van der Waals surface area contributed by atoms with Crippen molar-refractivity contribution in [3.63, 3.8) is 0 Å². The lowest BCUT2D eigenvalue weighted by Crippen LogP contribution is -2.45. The zero-order valence-corrected chi connectivity index (χ0v) is 24.2. The summed E-state index contributed by atoms with van der Waals surface area (Å²) >= 11 is 3.40. The molecule has 0 radical (unpaired) electrons. The Hall–Kier alpha value is -4.44. The smallest absolute Gasteiger partial charge is 0.264 e. The van der Waals surface area contributed by atoms with Crippen LogP contribution in [0.1, 0.15) is 36.4 Å². The number of rotatable bonds is 5. The van der Waals surface area contributed by atoms with E-state index in [1.165, 1.54) is 5.01 Å². The van der Waals surface area contributed by atoms with Gasteiger partial charge in [-0.15, -0.1) is 0 Å². The van der Waals surface area contributed by atoms with Crippen LogP contribution in [0.3, 0.4) is 0 Å². The van der Waals surface area contributed by atoms with Gasteiger partial charge in [0.05, 0.1) is 17.4 Å². The number of hydrazone groups is 1. The van der Waals surface area contributed by atoms with Crippen LogP contribution in [-0.4, -0.2) is 52.1 Å². The number of fused-ring (bicyclic) bond motifs is 2. The summed E-state index contributed by atoms with van der Waals surface area (Å²) < 4.78 is 0.744. The lowest BCUT2D eigenvalue weighted by Gasteiger charge is -2.30. The van der Waals surface area contributed by atoms with Crippen molar-refractivity contribution in [1.82, 2.24) is 10.0 Å². The monoisotopic (exact) mass is 622 g/mol. The molecule has 3 aliphatic heterocycles. The minimum atomic E-state index is -0.984. The molecule has 1 saturated carbocycles. The highest BCUT2D eigenvalue weighted by Gasteiger charge is 2.55. The Balaban J connectivity index is 1.18. The Labute approximate surface area is 251 Å². The van der Waals surface area contributed by atoms with E-state index in [-0.39, 0.29) is 24.4 Å². The summed E-state index contributed by atoms with van der Waals surface area (Å²) in [4.78, 5) is 41.8. The molecule has 0 bridgehead atoms. The maximum atomic E-state index is 14.0. The van der Waals surface area contributed by atoms with Crippen LogP contribution in [0.2, 0.25) is 0 Å². The number of carbonyl (C=O) groups is 3. The van der Waals surface area contributed by atoms with E-state index >= 15 is 0 Å². The molecule has 0 aromatic heterocycles. The number of allylic oxidation sites excluding steroid dienone is 1. The summed E-state index contributed by atoms with van der Waals surface area (Å²) in [5, 5.41) is 16.1. The molecule has 3 amide bonds. The molecule has 3 aromatic carbocycles. The molecule has 42 heavy (non-hydrogen) atoms. The topological polar surface area (TPSA) is 98.0 Å². The largest absolute Gasteiger partial charge is 0.271 e. The average molecular weight is 624 g/mol. The first-order chi connectivity index (χ1) is 20.5. The highest BCUT2D eigenvalue weighted by atomic mass is 79.9. The van der Waals surface area contributed by atoms with Gasteiger partial charge < -0.3 is 0 Å². The number of nitrogens with zero attached hydrogens (tertiary/aromatic N) is 6. The maximum Gasteiger partial charge on any atom is 0.264 e. The zero-order valence-electron chi connectivity index (χ0n) is 22.6. The van der Waals surface area contributed by atoms with Gasteiger partial charge in [0, 0.05) is 10.4 Å². The first kappa shape index (κ1) is 26.5. The SMILES string of the molecule is O=C1[C@@H]2N=NN(CC(=O)N3N=C4/C(=C\c5ccccc5)CCC[C@@H]4[C@@H]3c3ccccc3)[C@H]2C(=O)N1c1cccc(Br)c1. The zero-order chi connectivity index (χ0) is 28.8. The Morgan fingerprint density at radius 1 is 0.929 bits per heavy atom. The second-order valence-corrected chi connectivity index (χ2v) is 11.8. The maximum absolute atomic E-state index is 14.0. The molecule has 1 aliphatic carbocycles. The van der Waals surface area contributed by atoms with Crippen LogP contribution in [0.25, 0.3) is 6.08 Å². The molecule has 7 rings (SSSR count). The van der Waals surface area contributed by atoms with Crippen molar-refractivity contribution in [2.45, 2.75) is 37.4 Å². The van der Waals surface area contributed by atoms with Crippen molar-refractivity contribution in [2.75, 3.05) is 11.4 Å². The van der Waals surface area contributed by atoms with E-state index in [2.05, 4.69) is 44.5 Å². The second kappa shape index (κ2) is 10.8. The molecular weight excluding hydrogens is 596 g/mol. The highest BCUT2D eigenvalue weighted by molar-refractivity contribution is 9.10. The first-order valence-electron chi connectivity index (χ1n) is 14.0. The molecule has 0 spiro atoms. The Bertz CT molecular complexity index is 1660. The minimum Gasteiger partial charge on any atom is -0.271 e. The number of benzene rings is 3. The van der Waals surface area contributed by atoms with Crippen LogP contribution in [0, 0.1) is 5.92 Å². The molecule has 4 atom stereocenters. The fraction of sp³-hybridized carbons (Fsp3) is 0.250. The van der Waals surface area contributed by atoms with Crippen molar-refractivity contribution in [2.24, 2.45) is 21.4 Å². The fourth-order valence-electron chi connectivity index (χ4n) is 6.38. The van der Waals surface area contributed by atoms with Crippen molar-refractivity contribution in [1.29, 1.82) is 0 Å². The molecule has 9 nitrogen and oxygen atoms in total. The van der Waals surface area contributed by atoms with Crippen LogP contribution in [0.15, 0.2) is 110 Å². The van der Waals surface area contributed by atoms with Gasteiger partial charge >= 0.3 is 0 Å². The minimum absolute atomic E-state index is 0.0507. The second-order valence-electron chi connectivity index (χ2n) is 10.8. The van der Waals surface area contributed by atoms with Crippen molar-refractivity contribution >= 4 is 51.1 Å². The van der Waals surface area contributed by atoms with Gasteiger partial charge in [0.1, 0.15) is 6.54 Å². The number of anilines is 1. The lowest BCUT2D eigenvalue weighted by atomic mass is 9.77. The van der Waals surface area contributed by atoms with Gasteiger partial charge in [-0.05, 0) is 60.2 Å². The molecular formula is C32H27BrN6O3. The van der Waals surface area contributed by atoms with Crippen LogP contribution in [-0.2, 0) is 14.4 Å². The predicted octanol–water partition coefficient (Wildman–Crippen LogP) is 5.57. The van der Waals surface area contributed by atoms with E-state index in [0.29, 0.717) is 5.69 Å². The molecule has 210 valence electrons. The van der Waals surface area contributed by atoms with E-state index in [0.717, 1.165) is 51.0 Å². The molecule has 3 heterocycles. The Morgan fingerprint density at radius 2 is 1.69 bits per heavy atom. The molecule has 0 N–H and O–H groups in total. The van der Waals surface area contributed by atoms with Crippen molar-refractivity contribution in [3.05, 3.63) is 106 Å². The highest BCUT2D eigenvalue weighted by Crippen LogP contribution is 2.44. The molecule has 1 saturated heterocycles. The van der Waals surface area contributed by atoms with Gasteiger partial charge in [-0.25, -0.2) is 9.91 Å². The lowest BCUT2D eigenvalue weighted by molar-refractivity contribution is -0.136. The normalized spacial score (nSPS) is 25.7. The van der Waals surface area contributed by atoms with Crippen LogP contribution >= 0.6 is 15.9 Å². The third-order valence-corrected chi connectivity index (χ3v) is 8.75. The van der Waals surface area contributed by atoms with E-state index in [1.54, 1.807) is 23.2 Å². The number of amides is 3. The summed E-state index contributed by atoms with van der Waals surface area (Å²) in [7, 11) is 0. The quantitative estimate of drug-likeness (QED) is 0.348. The standard InChI is InChI=1S/C32H27BrN6O3/c33-23-14-8-15-24(18-23)38-31(41)28-30(32(38)42)37(36-34-28)19-26(40)39-29(21-11-5-2-6-12-21)25-16-7-13-22(27(25)35-39)17-20-9-3-1-4-10-20/h1-6,8-12,14-15,17-18,25,28-30H,7,13,16,19H2/b22-17-/t25-,28+,29-,30+/m0/s1. The van der Waals surface area contributed by atoms with E-state index in [4.69, 9.17) is 5.10 Å². The van der Waals surface area contributed by atoms with Crippen LogP contribution in [0.4, 0.5) is 5.69 Å². The van der Waals surface area contributed by atoms with Crippen molar-refractivity contribution in [3.8, 4) is 0 Å². The molecule has 0 unspecified atom stereocenters. The van der Waals surface area contributed by atoms with E-state index < -0.39 is 23.9 Å². The third-order valence-electron chi connectivity index (χ3n) is 8.26. The van der Waals surface area contributed by atoms with Gasteiger partial charge in [-0.2, -0.15) is 10.2 Å². The first-order valence-corrected chi connectivity index (χ1v) is 14.8. The van der Waals surface area contributed by atoms with E-state index in [1.807, 2.05) is 54.6 Å². The summed E-state index contributed by atoms with van der Waals surface area (Å²) in [6.45, 7) is -0.222. The average Bonchev–Trinajstić information content (AvgIpc) is 3.67. The number of imide groups is 1. The number of hydrogen-bond acceptors (Lipinski definition) is 7. The van der Waals surface area contributed by atoms with E-state index in [9.17, 15) is 14.4 Å². The predicted molar refractivity (Wildman–Crippen MR) is 161 cm³/mol. The van der Waals surface area contributed by atoms with Crippen LogP contribution < -0.4 is 4.90 Å². The van der Waals surface area contributed by atoms with Gasteiger partial charge in [0.15, 0.2) is 12.1 Å². The van der Waals surface area contributed by atoms with Gasteiger partial charge in [0.25, 0.3) is 17.7 Å². The van der Waals surface area contributed by atoms with Crippen LogP contribution in [0.5, 0.6) is 0 Å². The molecule has 3 aromatic rings.